The van der Waals surface area contributed by atoms with Crippen molar-refractivity contribution in [1.82, 2.24) is 0 Å². The molecule has 2 rings (SSSR count). The van der Waals surface area contributed by atoms with Crippen LogP contribution in [0.5, 0.6) is 11.5 Å². The second kappa shape index (κ2) is 8.04. The first kappa shape index (κ1) is 17.4. The van der Waals surface area contributed by atoms with Crippen LogP contribution < -0.4 is 14.8 Å². The van der Waals surface area contributed by atoms with Crippen LogP contribution in [0.3, 0.4) is 0 Å². The number of carbonyl (C=O) groups is 1. The van der Waals surface area contributed by atoms with E-state index in [0.29, 0.717) is 22.2 Å². The molecule has 1 amide bonds. The van der Waals surface area contributed by atoms with Crippen LogP contribution in [0.4, 0.5) is 5.69 Å². The first-order valence-corrected chi connectivity index (χ1v) is 7.86. The normalized spacial score (nSPS) is 10.6. The summed E-state index contributed by atoms with van der Waals surface area (Å²) in [4.78, 5) is 12.0. The average Bonchev–Trinajstić information content (AvgIpc) is 2.55. The van der Waals surface area contributed by atoms with E-state index in [0.717, 1.165) is 10.0 Å². The number of hydrogen-bond acceptors (Lipinski definition) is 3. The van der Waals surface area contributed by atoms with E-state index in [9.17, 15) is 4.79 Å². The van der Waals surface area contributed by atoms with Crippen molar-refractivity contribution in [2.24, 2.45) is 0 Å². The van der Waals surface area contributed by atoms with Gasteiger partial charge in [0, 0.05) is 16.1 Å². The minimum Gasteiger partial charge on any atom is -0.497 e. The van der Waals surface area contributed by atoms with Crippen molar-refractivity contribution in [2.75, 3.05) is 19.5 Å². The van der Waals surface area contributed by atoms with Gasteiger partial charge < -0.3 is 14.8 Å². The Morgan fingerprint density at radius 3 is 2.61 bits per heavy atom. The first-order valence-electron chi connectivity index (χ1n) is 6.69. The second-order valence-corrected chi connectivity index (χ2v) is 5.88. The van der Waals surface area contributed by atoms with Crippen LogP contribution in [0, 0.1) is 0 Å². The van der Waals surface area contributed by atoms with Gasteiger partial charge in [-0.15, -0.1) is 0 Å². The Morgan fingerprint density at radius 2 is 1.96 bits per heavy atom. The lowest BCUT2D eigenvalue weighted by molar-refractivity contribution is -0.111. The molecule has 23 heavy (non-hydrogen) atoms. The van der Waals surface area contributed by atoms with Gasteiger partial charge in [0.2, 0.25) is 5.91 Å². The Labute approximate surface area is 148 Å². The van der Waals surface area contributed by atoms with Crippen LogP contribution in [0.2, 0.25) is 5.02 Å². The third kappa shape index (κ3) is 4.74. The summed E-state index contributed by atoms with van der Waals surface area (Å²) in [6.45, 7) is 0. The Morgan fingerprint density at radius 1 is 1.17 bits per heavy atom. The van der Waals surface area contributed by atoms with Crippen molar-refractivity contribution >= 4 is 45.2 Å². The zero-order valence-corrected chi connectivity index (χ0v) is 14.9. The number of halogens is 2. The smallest absolute Gasteiger partial charge is 0.248 e. The number of nitrogens with one attached hydrogen (secondary N) is 1. The third-order valence-corrected chi connectivity index (χ3v) is 3.85. The van der Waals surface area contributed by atoms with Crippen molar-refractivity contribution in [2.45, 2.75) is 0 Å². The fourth-order valence-electron chi connectivity index (χ4n) is 1.90. The number of benzene rings is 2. The van der Waals surface area contributed by atoms with Gasteiger partial charge in [0.1, 0.15) is 11.5 Å². The van der Waals surface area contributed by atoms with Gasteiger partial charge in [-0.25, -0.2) is 0 Å². The lowest BCUT2D eigenvalue weighted by Gasteiger charge is -2.07. The minimum atomic E-state index is -0.293. The molecule has 0 aliphatic rings. The van der Waals surface area contributed by atoms with Gasteiger partial charge in [0.15, 0.2) is 0 Å². The summed E-state index contributed by atoms with van der Waals surface area (Å²) in [5, 5.41) is 3.18. The molecule has 120 valence electrons. The summed E-state index contributed by atoms with van der Waals surface area (Å²) >= 11 is 9.39. The maximum absolute atomic E-state index is 12.0. The standard InChI is InChI=1S/C17H15BrClNO3/c1-22-13-5-7-16(23-2)11(9-13)3-8-17(21)20-15-6-4-12(18)10-14(15)19/h3-10H,1-2H3,(H,20,21). The fraction of sp³-hybridized carbons (Fsp3) is 0.118. The Balaban J connectivity index is 2.14. The molecule has 0 aliphatic carbocycles. The number of methoxy groups -OCH3 is 2. The van der Waals surface area contributed by atoms with E-state index in [1.54, 1.807) is 56.7 Å². The van der Waals surface area contributed by atoms with Crippen molar-refractivity contribution in [1.29, 1.82) is 0 Å². The third-order valence-electron chi connectivity index (χ3n) is 3.04. The number of amides is 1. The molecular formula is C17H15BrClNO3. The second-order valence-electron chi connectivity index (χ2n) is 4.55. The van der Waals surface area contributed by atoms with Gasteiger partial charge in [-0.3, -0.25) is 4.79 Å². The molecule has 0 aromatic heterocycles. The maximum atomic E-state index is 12.0. The van der Waals surface area contributed by atoms with Gasteiger partial charge >= 0.3 is 0 Å². The van der Waals surface area contributed by atoms with Gasteiger partial charge in [0.05, 0.1) is 24.9 Å². The summed E-state index contributed by atoms with van der Waals surface area (Å²) in [5.74, 6) is 1.04. The zero-order valence-electron chi connectivity index (χ0n) is 12.6. The van der Waals surface area contributed by atoms with E-state index in [4.69, 9.17) is 21.1 Å². The van der Waals surface area contributed by atoms with Crippen LogP contribution in [-0.4, -0.2) is 20.1 Å². The van der Waals surface area contributed by atoms with E-state index >= 15 is 0 Å². The van der Waals surface area contributed by atoms with Crippen LogP contribution in [-0.2, 0) is 4.79 Å². The molecule has 1 N–H and O–H groups in total. The van der Waals surface area contributed by atoms with Crippen molar-refractivity contribution < 1.29 is 14.3 Å². The Bertz CT molecular complexity index is 747. The zero-order chi connectivity index (χ0) is 16.8. The van der Waals surface area contributed by atoms with Crippen molar-refractivity contribution in [3.8, 4) is 11.5 Å². The van der Waals surface area contributed by atoms with Crippen LogP contribution in [0.25, 0.3) is 6.08 Å². The molecule has 0 spiro atoms. The lowest BCUT2D eigenvalue weighted by atomic mass is 10.1. The quantitative estimate of drug-likeness (QED) is 0.741. The lowest BCUT2D eigenvalue weighted by Crippen LogP contribution is -2.08. The van der Waals surface area contributed by atoms with Crippen LogP contribution >= 0.6 is 27.5 Å². The van der Waals surface area contributed by atoms with E-state index < -0.39 is 0 Å². The minimum absolute atomic E-state index is 0.293. The highest BCUT2D eigenvalue weighted by atomic mass is 79.9. The molecule has 0 saturated carbocycles. The topological polar surface area (TPSA) is 47.6 Å². The summed E-state index contributed by atoms with van der Waals surface area (Å²) < 4.78 is 11.3. The Kier molecular flexibility index (Phi) is 6.07. The molecule has 0 radical (unpaired) electrons. The van der Waals surface area contributed by atoms with Crippen molar-refractivity contribution in [3.05, 3.63) is 57.5 Å². The molecule has 0 fully saturated rings. The number of rotatable bonds is 5. The predicted molar refractivity (Wildman–Crippen MR) is 96.4 cm³/mol. The molecule has 0 heterocycles. The van der Waals surface area contributed by atoms with Gasteiger partial charge in [-0.2, -0.15) is 0 Å². The monoisotopic (exact) mass is 395 g/mol. The highest BCUT2D eigenvalue weighted by molar-refractivity contribution is 9.10. The first-order chi connectivity index (χ1) is 11.0. The maximum Gasteiger partial charge on any atom is 0.248 e. The van der Waals surface area contributed by atoms with E-state index in [1.165, 1.54) is 6.08 Å². The van der Waals surface area contributed by atoms with E-state index in [1.807, 2.05) is 0 Å². The number of anilines is 1. The molecule has 0 unspecified atom stereocenters. The molecule has 2 aromatic rings. The highest BCUT2D eigenvalue weighted by Gasteiger charge is 2.05. The van der Waals surface area contributed by atoms with E-state index in [-0.39, 0.29) is 5.91 Å². The summed E-state index contributed by atoms with van der Waals surface area (Å²) in [5.41, 5.74) is 1.28. The molecule has 0 bridgehead atoms. The fourth-order valence-corrected chi connectivity index (χ4v) is 2.62. The molecule has 0 aliphatic heterocycles. The average molecular weight is 397 g/mol. The highest BCUT2D eigenvalue weighted by Crippen LogP contribution is 2.27. The van der Waals surface area contributed by atoms with Crippen LogP contribution in [0.15, 0.2) is 46.9 Å². The molecule has 0 saturated heterocycles. The summed E-state index contributed by atoms with van der Waals surface area (Å²) in [6, 6.07) is 10.6. The van der Waals surface area contributed by atoms with Gasteiger partial charge in [-0.1, -0.05) is 27.5 Å². The Hall–Kier alpha value is -1.98. The summed E-state index contributed by atoms with van der Waals surface area (Å²) in [6.07, 6.45) is 3.07. The molecule has 2 aromatic carbocycles. The molecule has 4 nitrogen and oxygen atoms in total. The SMILES string of the molecule is COc1ccc(OC)c(C=CC(=O)Nc2ccc(Br)cc2Cl)c1. The predicted octanol–water partition coefficient (Wildman–Crippen LogP) is 4.77. The van der Waals surface area contributed by atoms with Crippen LogP contribution in [0.1, 0.15) is 5.56 Å². The number of carbonyl (C=O) groups excluding carboxylic acids is 1. The molecular weight excluding hydrogens is 382 g/mol. The molecule has 6 heteroatoms. The summed E-state index contributed by atoms with van der Waals surface area (Å²) in [7, 11) is 3.15. The van der Waals surface area contributed by atoms with E-state index in [2.05, 4.69) is 21.2 Å². The van der Waals surface area contributed by atoms with Gasteiger partial charge in [0.25, 0.3) is 0 Å². The largest absolute Gasteiger partial charge is 0.497 e. The molecule has 0 atom stereocenters. The van der Waals surface area contributed by atoms with Gasteiger partial charge in [-0.05, 0) is 42.5 Å². The number of ether oxygens (including phenoxy) is 2. The number of hydrogen-bond donors (Lipinski definition) is 1. The van der Waals surface area contributed by atoms with Crippen molar-refractivity contribution in [3.63, 3.8) is 0 Å².